The van der Waals surface area contributed by atoms with E-state index in [0.29, 0.717) is 17.1 Å². The zero-order valence-electron chi connectivity index (χ0n) is 9.31. The third-order valence-electron chi connectivity index (χ3n) is 2.49. The van der Waals surface area contributed by atoms with Crippen LogP contribution in [0.5, 0.6) is 0 Å². The molecule has 1 heterocycles. The van der Waals surface area contributed by atoms with Gasteiger partial charge in [-0.2, -0.15) is 10.4 Å². The van der Waals surface area contributed by atoms with E-state index in [0.717, 1.165) is 11.4 Å². The van der Waals surface area contributed by atoms with Crippen molar-refractivity contribution >= 4 is 17.3 Å². The average molecular weight is 247 g/mol. The van der Waals surface area contributed by atoms with Crippen LogP contribution in [0.25, 0.3) is 0 Å². The van der Waals surface area contributed by atoms with Crippen molar-refractivity contribution in [3.8, 4) is 6.07 Å². The zero-order valence-corrected chi connectivity index (χ0v) is 10.1. The van der Waals surface area contributed by atoms with Crippen LogP contribution in [0.15, 0.2) is 30.5 Å². The van der Waals surface area contributed by atoms with Crippen LogP contribution in [0.1, 0.15) is 11.3 Å². The topological polar surface area (TPSA) is 53.6 Å². The molecule has 2 aromatic rings. The fraction of sp³-hybridized carbons (Fsp3) is 0.167. The van der Waals surface area contributed by atoms with Gasteiger partial charge >= 0.3 is 0 Å². The van der Waals surface area contributed by atoms with Gasteiger partial charge in [0.1, 0.15) is 6.07 Å². The van der Waals surface area contributed by atoms with Crippen LogP contribution in [-0.4, -0.2) is 9.78 Å². The van der Waals surface area contributed by atoms with Gasteiger partial charge in [-0.3, -0.25) is 4.68 Å². The first-order valence-electron chi connectivity index (χ1n) is 5.11. The number of nitrogens with one attached hydrogen (secondary N) is 1. The van der Waals surface area contributed by atoms with Crippen LogP contribution in [0.3, 0.4) is 0 Å². The molecule has 17 heavy (non-hydrogen) atoms. The summed E-state index contributed by atoms with van der Waals surface area (Å²) >= 11 is 5.94. The third-order valence-corrected chi connectivity index (χ3v) is 2.80. The molecule has 0 radical (unpaired) electrons. The van der Waals surface area contributed by atoms with Gasteiger partial charge in [-0.1, -0.05) is 11.6 Å². The molecule has 0 bridgehead atoms. The number of aromatic nitrogens is 2. The van der Waals surface area contributed by atoms with Gasteiger partial charge in [0.05, 0.1) is 22.8 Å². The maximum Gasteiger partial charge on any atom is 0.101 e. The lowest BCUT2D eigenvalue weighted by molar-refractivity contribution is 0.720. The Hall–Kier alpha value is -1.99. The largest absolute Gasteiger partial charge is 0.379 e. The minimum atomic E-state index is 0.461. The van der Waals surface area contributed by atoms with Gasteiger partial charge in [-0.05, 0) is 24.3 Å². The second-order valence-corrected chi connectivity index (χ2v) is 4.01. The van der Waals surface area contributed by atoms with E-state index in [2.05, 4.69) is 10.4 Å². The first-order valence-corrected chi connectivity index (χ1v) is 5.49. The molecule has 0 saturated heterocycles. The molecule has 1 aromatic heterocycles. The van der Waals surface area contributed by atoms with Crippen molar-refractivity contribution in [2.24, 2.45) is 7.05 Å². The second-order valence-electron chi connectivity index (χ2n) is 3.61. The fourth-order valence-corrected chi connectivity index (χ4v) is 1.71. The van der Waals surface area contributed by atoms with Crippen LogP contribution in [0, 0.1) is 11.3 Å². The minimum absolute atomic E-state index is 0.461. The van der Waals surface area contributed by atoms with Gasteiger partial charge in [0.2, 0.25) is 0 Å². The molecule has 0 aliphatic rings. The molecule has 0 fully saturated rings. The molecule has 0 spiro atoms. The standard InChI is InChI=1S/C12H11ClN4/c1-17-11(4-5-16-17)8-15-10-3-2-9(7-14)12(13)6-10/h2-6,15H,8H2,1H3. The van der Waals surface area contributed by atoms with E-state index < -0.39 is 0 Å². The maximum absolute atomic E-state index is 8.76. The Bertz CT molecular complexity index is 568. The molecule has 0 aliphatic heterocycles. The average Bonchev–Trinajstić information content (AvgIpc) is 2.72. The number of hydrogen-bond acceptors (Lipinski definition) is 3. The number of nitriles is 1. The first kappa shape index (κ1) is 11.5. The molecule has 0 amide bonds. The van der Waals surface area contributed by atoms with Crippen LogP contribution < -0.4 is 5.32 Å². The highest BCUT2D eigenvalue weighted by Gasteiger charge is 2.02. The van der Waals surface area contributed by atoms with E-state index in [4.69, 9.17) is 16.9 Å². The Balaban J connectivity index is 2.08. The normalized spacial score (nSPS) is 9.94. The number of rotatable bonds is 3. The zero-order chi connectivity index (χ0) is 12.3. The molecule has 1 aromatic carbocycles. The summed E-state index contributed by atoms with van der Waals surface area (Å²) in [7, 11) is 1.89. The van der Waals surface area contributed by atoms with Crippen LogP contribution >= 0.6 is 11.6 Å². The summed E-state index contributed by atoms with van der Waals surface area (Å²) < 4.78 is 1.80. The molecule has 0 atom stereocenters. The van der Waals surface area contributed by atoms with Gasteiger partial charge in [0, 0.05) is 18.9 Å². The molecule has 0 unspecified atom stereocenters. The van der Waals surface area contributed by atoms with Crippen molar-refractivity contribution < 1.29 is 0 Å². The van der Waals surface area contributed by atoms with Gasteiger partial charge < -0.3 is 5.32 Å². The fourth-order valence-electron chi connectivity index (χ4n) is 1.48. The molecular formula is C12H11ClN4. The predicted molar refractivity (Wildman–Crippen MR) is 66.7 cm³/mol. The van der Waals surface area contributed by atoms with E-state index >= 15 is 0 Å². The summed E-state index contributed by atoms with van der Waals surface area (Å²) in [6, 6.07) is 9.25. The number of benzene rings is 1. The SMILES string of the molecule is Cn1nccc1CNc1ccc(C#N)c(Cl)c1. The molecule has 4 nitrogen and oxygen atoms in total. The number of halogens is 1. The Kier molecular flexibility index (Phi) is 3.31. The summed E-state index contributed by atoms with van der Waals surface area (Å²) in [5, 5.41) is 16.5. The highest BCUT2D eigenvalue weighted by atomic mass is 35.5. The van der Waals surface area contributed by atoms with Gasteiger partial charge in [-0.25, -0.2) is 0 Å². The Morgan fingerprint density at radius 3 is 2.88 bits per heavy atom. The van der Waals surface area contributed by atoms with E-state index in [9.17, 15) is 0 Å². The van der Waals surface area contributed by atoms with Crippen LogP contribution in [-0.2, 0) is 13.6 Å². The van der Waals surface area contributed by atoms with Crippen molar-refractivity contribution in [1.82, 2.24) is 9.78 Å². The lowest BCUT2D eigenvalue weighted by Gasteiger charge is -2.07. The molecular weight excluding hydrogens is 236 g/mol. The number of nitrogens with zero attached hydrogens (tertiary/aromatic N) is 3. The van der Waals surface area contributed by atoms with Crippen molar-refractivity contribution in [3.63, 3.8) is 0 Å². The number of anilines is 1. The van der Waals surface area contributed by atoms with Crippen LogP contribution in [0.2, 0.25) is 5.02 Å². The summed E-state index contributed by atoms with van der Waals surface area (Å²) in [5.74, 6) is 0. The van der Waals surface area contributed by atoms with E-state index in [1.807, 2.05) is 25.2 Å². The van der Waals surface area contributed by atoms with E-state index in [1.54, 1.807) is 23.0 Å². The number of hydrogen-bond donors (Lipinski definition) is 1. The third kappa shape index (κ3) is 2.58. The highest BCUT2D eigenvalue weighted by molar-refractivity contribution is 6.32. The summed E-state index contributed by atoms with van der Waals surface area (Å²) in [6.07, 6.45) is 1.75. The second kappa shape index (κ2) is 4.89. The predicted octanol–water partition coefficient (Wildman–Crippen LogP) is 2.56. The maximum atomic E-state index is 8.76. The smallest absolute Gasteiger partial charge is 0.101 e. The van der Waals surface area contributed by atoms with E-state index in [1.165, 1.54) is 0 Å². The quantitative estimate of drug-likeness (QED) is 0.906. The molecule has 1 N–H and O–H groups in total. The van der Waals surface area contributed by atoms with Crippen molar-refractivity contribution in [2.75, 3.05) is 5.32 Å². The molecule has 5 heteroatoms. The lowest BCUT2D eigenvalue weighted by Crippen LogP contribution is -2.05. The molecule has 86 valence electrons. The Morgan fingerprint density at radius 1 is 1.47 bits per heavy atom. The Morgan fingerprint density at radius 2 is 2.29 bits per heavy atom. The van der Waals surface area contributed by atoms with Crippen molar-refractivity contribution in [2.45, 2.75) is 6.54 Å². The van der Waals surface area contributed by atoms with Gasteiger partial charge in [0.25, 0.3) is 0 Å². The minimum Gasteiger partial charge on any atom is -0.379 e. The molecule has 2 rings (SSSR count). The Labute approximate surface area is 104 Å². The van der Waals surface area contributed by atoms with E-state index in [-0.39, 0.29) is 0 Å². The summed E-state index contributed by atoms with van der Waals surface area (Å²) in [6.45, 7) is 0.665. The van der Waals surface area contributed by atoms with Gasteiger partial charge in [-0.15, -0.1) is 0 Å². The van der Waals surface area contributed by atoms with Crippen LogP contribution in [0.4, 0.5) is 5.69 Å². The van der Waals surface area contributed by atoms with Crippen molar-refractivity contribution in [3.05, 3.63) is 46.7 Å². The highest BCUT2D eigenvalue weighted by Crippen LogP contribution is 2.20. The van der Waals surface area contributed by atoms with Gasteiger partial charge in [0.15, 0.2) is 0 Å². The molecule has 0 aliphatic carbocycles. The lowest BCUT2D eigenvalue weighted by atomic mass is 10.2. The summed E-state index contributed by atoms with van der Waals surface area (Å²) in [5.41, 5.74) is 2.44. The number of aryl methyl sites for hydroxylation is 1. The molecule has 0 saturated carbocycles. The summed E-state index contributed by atoms with van der Waals surface area (Å²) in [4.78, 5) is 0. The monoisotopic (exact) mass is 246 g/mol. The first-order chi connectivity index (χ1) is 8.20. The van der Waals surface area contributed by atoms with Crippen molar-refractivity contribution in [1.29, 1.82) is 5.26 Å².